The molecule has 0 N–H and O–H groups in total. The van der Waals surface area contributed by atoms with E-state index in [0.29, 0.717) is 17.4 Å². The molecule has 2 rings (SSSR count). The molecular weight excluding hydrogens is 239 g/mol. The summed E-state index contributed by atoms with van der Waals surface area (Å²) in [4.78, 5) is 6.31. The molecular formula is C13H18ClFN2. The molecule has 4 heteroatoms. The second kappa shape index (κ2) is 5.67. The van der Waals surface area contributed by atoms with Crippen molar-refractivity contribution < 1.29 is 4.39 Å². The highest BCUT2D eigenvalue weighted by atomic mass is 35.5. The van der Waals surface area contributed by atoms with Gasteiger partial charge in [0.1, 0.15) is 0 Å². The van der Waals surface area contributed by atoms with Crippen LogP contribution >= 0.6 is 11.6 Å². The molecule has 0 aliphatic carbocycles. The number of aromatic nitrogens is 1. The van der Waals surface area contributed by atoms with Crippen LogP contribution in [0.15, 0.2) is 12.3 Å². The third kappa shape index (κ3) is 2.54. The van der Waals surface area contributed by atoms with Crippen LogP contribution in [0.3, 0.4) is 0 Å². The van der Waals surface area contributed by atoms with E-state index in [2.05, 4.69) is 16.8 Å². The summed E-state index contributed by atoms with van der Waals surface area (Å²) in [6, 6.07) is 2.06. The Hall–Kier alpha value is -0.830. The second-order valence-electron chi connectivity index (χ2n) is 4.49. The van der Waals surface area contributed by atoms with E-state index in [0.717, 1.165) is 25.8 Å². The maximum absolute atomic E-state index is 14.2. The van der Waals surface area contributed by atoms with E-state index in [4.69, 9.17) is 11.6 Å². The third-order valence-corrected chi connectivity index (χ3v) is 3.75. The molecule has 1 aliphatic rings. The van der Waals surface area contributed by atoms with E-state index >= 15 is 0 Å². The van der Waals surface area contributed by atoms with Crippen molar-refractivity contribution in [3.63, 3.8) is 0 Å². The largest absolute Gasteiger partial charge is 0.351 e. The molecule has 1 aromatic rings. The highest BCUT2D eigenvalue weighted by molar-refractivity contribution is 6.17. The molecule has 1 fully saturated rings. The molecule has 17 heavy (non-hydrogen) atoms. The summed E-state index contributed by atoms with van der Waals surface area (Å²) in [6.45, 7) is 3.04. The van der Waals surface area contributed by atoms with E-state index in [-0.39, 0.29) is 11.7 Å². The number of alkyl halides is 1. The Morgan fingerprint density at radius 1 is 1.53 bits per heavy atom. The lowest BCUT2D eigenvalue weighted by molar-refractivity contribution is 0.438. The topological polar surface area (TPSA) is 16.1 Å². The van der Waals surface area contributed by atoms with Gasteiger partial charge in [0, 0.05) is 24.3 Å². The summed E-state index contributed by atoms with van der Waals surface area (Å²) in [6.07, 6.45) is 6.15. The van der Waals surface area contributed by atoms with Crippen LogP contribution in [0, 0.1) is 5.82 Å². The zero-order chi connectivity index (χ0) is 12.3. The Labute approximate surface area is 107 Å². The molecule has 1 aromatic heterocycles. The number of hydrogen-bond donors (Lipinski definition) is 0. The second-order valence-corrected chi connectivity index (χ2v) is 4.76. The van der Waals surface area contributed by atoms with E-state index < -0.39 is 0 Å². The molecule has 1 unspecified atom stereocenters. The SMILES string of the molecule is CCC1CCCCN1c1nccc(CCl)c1F. The summed E-state index contributed by atoms with van der Waals surface area (Å²) >= 11 is 5.73. The summed E-state index contributed by atoms with van der Waals surface area (Å²) in [5.41, 5.74) is 0.539. The normalized spacial score (nSPS) is 20.6. The van der Waals surface area contributed by atoms with Crippen LogP contribution in [-0.2, 0) is 5.88 Å². The first-order chi connectivity index (χ1) is 8.27. The van der Waals surface area contributed by atoms with Crippen molar-refractivity contribution in [3.05, 3.63) is 23.6 Å². The molecule has 1 saturated heterocycles. The van der Waals surface area contributed by atoms with Gasteiger partial charge < -0.3 is 4.90 Å². The Bertz CT molecular complexity index is 384. The van der Waals surface area contributed by atoms with Crippen molar-refractivity contribution >= 4 is 17.4 Å². The van der Waals surface area contributed by atoms with Gasteiger partial charge in [-0.1, -0.05) is 6.92 Å². The van der Waals surface area contributed by atoms with Gasteiger partial charge >= 0.3 is 0 Å². The van der Waals surface area contributed by atoms with Crippen LogP contribution in [0.1, 0.15) is 38.2 Å². The first-order valence-corrected chi connectivity index (χ1v) is 6.77. The molecule has 0 saturated carbocycles. The van der Waals surface area contributed by atoms with E-state index in [1.807, 2.05) is 0 Å². The molecule has 0 bridgehead atoms. The van der Waals surface area contributed by atoms with Gasteiger partial charge in [-0.05, 0) is 31.7 Å². The minimum absolute atomic E-state index is 0.200. The van der Waals surface area contributed by atoms with Gasteiger partial charge in [-0.2, -0.15) is 0 Å². The highest BCUT2D eigenvalue weighted by Gasteiger charge is 2.25. The maximum atomic E-state index is 14.2. The average molecular weight is 257 g/mol. The zero-order valence-electron chi connectivity index (χ0n) is 10.1. The summed E-state index contributed by atoms with van der Waals surface area (Å²) < 4.78 is 14.2. The Morgan fingerprint density at radius 2 is 2.35 bits per heavy atom. The van der Waals surface area contributed by atoms with Gasteiger partial charge in [0.25, 0.3) is 0 Å². The zero-order valence-corrected chi connectivity index (χ0v) is 10.9. The predicted molar refractivity (Wildman–Crippen MR) is 69.0 cm³/mol. The Kier molecular flexibility index (Phi) is 4.21. The quantitative estimate of drug-likeness (QED) is 0.766. The lowest BCUT2D eigenvalue weighted by Gasteiger charge is -2.36. The number of rotatable bonds is 3. The van der Waals surface area contributed by atoms with Crippen LogP contribution in [-0.4, -0.2) is 17.6 Å². The van der Waals surface area contributed by atoms with Gasteiger partial charge in [0.05, 0.1) is 5.88 Å². The number of halogens is 2. The summed E-state index contributed by atoms with van der Waals surface area (Å²) in [5.74, 6) is 0.434. The van der Waals surface area contributed by atoms with Crippen molar-refractivity contribution in [2.24, 2.45) is 0 Å². The van der Waals surface area contributed by atoms with Crippen molar-refractivity contribution in [2.75, 3.05) is 11.4 Å². The molecule has 1 atom stereocenters. The van der Waals surface area contributed by atoms with Gasteiger partial charge in [-0.25, -0.2) is 9.37 Å². The summed E-state index contributed by atoms with van der Waals surface area (Å²) in [5, 5.41) is 0. The van der Waals surface area contributed by atoms with Crippen LogP contribution < -0.4 is 4.90 Å². The van der Waals surface area contributed by atoms with Crippen molar-refractivity contribution in [1.82, 2.24) is 4.98 Å². The number of pyridine rings is 1. The molecule has 0 spiro atoms. The van der Waals surface area contributed by atoms with Gasteiger partial charge in [-0.15, -0.1) is 11.6 Å². The minimum atomic E-state index is -0.247. The predicted octanol–water partition coefficient (Wildman–Crippen LogP) is 3.73. The van der Waals surface area contributed by atoms with Crippen LogP contribution in [0.4, 0.5) is 10.2 Å². The number of nitrogens with zero attached hydrogens (tertiary/aromatic N) is 2. The molecule has 0 radical (unpaired) electrons. The van der Waals surface area contributed by atoms with E-state index in [1.165, 1.54) is 6.42 Å². The fourth-order valence-electron chi connectivity index (χ4n) is 2.48. The maximum Gasteiger partial charge on any atom is 0.170 e. The van der Waals surface area contributed by atoms with Gasteiger partial charge in [0.15, 0.2) is 11.6 Å². The van der Waals surface area contributed by atoms with E-state index in [1.54, 1.807) is 12.3 Å². The van der Waals surface area contributed by atoms with Gasteiger partial charge in [0.2, 0.25) is 0 Å². The highest BCUT2D eigenvalue weighted by Crippen LogP contribution is 2.28. The van der Waals surface area contributed by atoms with Gasteiger partial charge in [-0.3, -0.25) is 0 Å². The van der Waals surface area contributed by atoms with Crippen molar-refractivity contribution in [2.45, 2.75) is 44.5 Å². The molecule has 94 valence electrons. The van der Waals surface area contributed by atoms with Crippen molar-refractivity contribution in [3.8, 4) is 0 Å². The third-order valence-electron chi connectivity index (χ3n) is 3.47. The minimum Gasteiger partial charge on any atom is -0.351 e. The number of anilines is 1. The fraction of sp³-hybridized carbons (Fsp3) is 0.615. The Balaban J connectivity index is 2.31. The van der Waals surface area contributed by atoms with Crippen LogP contribution in [0.5, 0.6) is 0 Å². The van der Waals surface area contributed by atoms with Crippen molar-refractivity contribution in [1.29, 1.82) is 0 Å². The lowest BCUT2D eigenvalue weighted by atomic mass is 10.00. The number of piperidine rings is 1. The average Bonchev–Trinajstić information content (AvgIpc) is 2.39. The monoisotopic (exact) mass is 256 g/mol. The number of hydrogen-bond acceptors (Lipinski definition) is 2. The molecule has 0 amide bonds. The smallest absolute Gasteiger partial charge is 0.170 e. The van der Waals surface area contributed by atoms with Crippen LogP contribution in [0.2, 0.25) is 0 Å². The fourth-order valence-corrected chi connectivity index (χ4v) is 2.69. The first-order valence-electron chi connectivity index (χ1n) is 6.24. The standard InChI is InChI=1S/C13H18ClFN2/c1-2-11-5-3-4-8-17(11)13-12(15)10(9-14)6-7-16-13/h6-7,11H,2-5,8-9H2,1H3. The van der Waals surface area contributed by atoms with E-state index in [9.17, 15) is 4.39 Å². The first kappa shape index (κ1) is 12.6. The molecule has 1 aliphatic heterocycles. The lowest BCUT2D eigenvalue weighted by Crippen LogP contribution is -2.40. The van der Waals surface area contributed by atoms with Crippen LogP contribution in [0.25, 0.3) is 0 Å². The molecule has 2 heterocycles. The summed E-state index contributed by atoms with van der Waals surface area (Å²) in [7, 11) is 0. The molecule has 0 aromatic carbocycles. The molecule has 2 nitrogen and oxygen atoms in total. The Morgan fingerprint density at radius 3 is 3.06 bits per heavy atom.